The van der Waals surface area contributed by atoms with Crippen LogP contribution >= 0.6 is 11.3 Å². The molecule has 0 saturated carbocycles. The topological polar surface area (TPSA) is 75.6 Å². The minimum atomic E-state index is -1.12. The highest BCUT2D eigenvalue weighted by atomic mass is 32.1. The van der Waals surface area contributed by atoms with Crippen molar-refractivity contribution in [3.05, 3.63) is 58.3 Å². The van der Waals surface area contributed by atoms with Crippen LogP contribution in [0.5, 0.6) is 0 Å². The number of thiophene rings is 1. The molecule has 0 bridgehead atoms. The van der Waals surface area contributed by atoms with Gasteiger partial charge < -0.3 is 15.2 Å². The molecule has 2 N–H and O–H groups in total. The van der Waals surface area contributed by atoms with Crippen LogP contribution in [0.15, 0.2) is 47.8 Å². The molecule has 1 aromatic carbocycles. The van der Waals surface area contributed by atoms with Gasteiger partial charge in [-0.15, -0.1) is 11.3 Å². The normalized spacial score (nSPS) is 11.6. The number of ether oxygens (including phenoxy) is 1. The van der Waals surface area contributed by atoms with Crippen molar-refractivity contribution >= 4 is 23.4 Å². The van der Waals surface area contributed by atoms with Crippen LogP contribution in [0.2, 0.25) is 0 Å². The first kappa shape index (κ1) is 14.1. The van der Waals surface area contributed by atoms with E-state index >= 15 is 0 Å². The number of hydrogen-bond donors (Lipinski definition) is 2. The minimum absolute atomic E-state index is 0.101. The van der Waals surface area contributed by atoms with Gasteiger partial charge in [0.25, 0.3) is 0 Å². The zero-order valence-corrected chi connectivity index (χ0v) is 11.3. The van der Waals surface area contributed by atoms with Gasteiger partial charge in [0.05, 0.1) is 0 Å². The molecule has 0 spiro atoms. The highest BCUT2D eigenvalue weighted by Crippen LogP contribution is 2.19. The second-order valence-electron chi connectivity index (χ2n) is 3.99. The van der Waals surface area contributed by atoms with Crippen LogP contribution in [0.1, 0.15) is 16.5 Å². The summed E-state index contributed by atoms with van der Waals surface area (Å²) in [6, 6.07) is 11.5. The van der Waals surface area contributed by atoms with E-state index in [1.807, 2.05) is 30.3 Å². The van der Waals surface area contributed by atoms with Crippen molar-refractivity contribution in [3.8, 4) is 0 Å². The predicted octanol–water partition coefficient (Wildman–Crippen LogP) is 2.80. The third kappa shape index (κ3) is 3.83. The lowest BCUT2D eigenvalue weighted by Gasteiger charge is -2.13. The number of carbonyl (C=O) groups is 2. The Kier molecular flexibility index (Phi) is 4.73. The summed E-state index contributed by atoms with van der Waals surface area (Å²) >= 11 is 1.26. The molecular formula is C14H13NO4S. The maximum atomic E-state index is 11.6. The van der Waals surface area contributed by atoms with Gasteiger partial charge in [-0.05, 0) is 17.0 Å². The maximum Gasteiger partial charge on any atom is 0.408 e. The summed E-state index contributed by atoms with van der Waals surface area (Å²) in [6.45, 7) is 0.101. The number of aliphatic carboxylic acids is 1. The smallest absolute Gasteiger partial charge is 0.408 e. The SMILES string of the molecule is O=C(NC(C(=O)O)c1cccs1)OCc1ccccc1. The molecule has 5 nitrogen and oxygen atoms in total. The lowest BCUT2D eigenvalue weighted by Crippen LogP contribution is -2.33. The summed E-state index contributed by atoms with van der Waals surface area (Å²) in [5.41, 5.74) is 0.839. The first-order chi connectivity index (χ1) is 9.66. The first-order valence-electron chi connectivity index (χ1n) is 5.90. The molecule has 0 aliphatic rings. The summed E-state index contributed by atoms with van der Waals surface area (Å²) in [5.74, 6) is -1.12. The van der Waals surface area contributed by atoms with Crippen molar-refractivity contribution in [1.29, 1.82) is 0 Å². The van der Waals surface area contributed by atoms with Crippen LogP contribution in [0.4, 0.5) is 4.79 Å². The fourth-order valence-electron chi connectivity index (χ4n) is 1.59. The summed E-state index contributed by atoms with van der Waals surface area (Å²) < 4.78 is 5.00. The molecule has 1 unspecified atom stereocenters. The zero-order valence-electron chi connectivity index (χ0n) is 10.5. The predicted molar refractivity (Wildman–Crippen MR) is 74.5 cm³/mol. The number of rotatable bonds is 5. The van der Waals surface area contributed by atoms with Crippen LogP contribution in [-0.4, -0.2) is 17.2 Å². The number of benzene rings is 1. The fraction of sp³-hybridized carbons (Fsp3) is 0.143. The highest BCUT2D eigenvalue weighted by molar-refractivity contribution is 7.10. The molecule has 1 aromatic heterocycles. The Balaban J connectivity index is 1.91. The van der Waals surface area contributed by atoms with Gasteiger partial charge in [0, 0.05) is 4.88 Å². The van der Waals surface area contributed by atoms with Crippen molar-refractivity contribution in [2.45, 2.75) is 12.6 Å². The van der Waals surface area contributed by atoms with Gasteiger partial charge >= 0.3 is 12.1 Å². The molecule has 0 aliphatic heterocycles. The molecule has 2 rings (SSSR count). The third-order valence-corrected chi connectivity index (χ3v) is 3.49. The molecule has 104 valence electrons. The number of hydrogen-bond acceptors (Lipinski definition) is 4. The van der Waals surface area contributed by atoms with E-state index in [4.69, 9.17) is 9.84 Å². The van der Waals surface area contributed by atoms with Crippen molar-refractivity contribution in [3.63, 3.8) is 0 Å². The number of amides is 1. The van der Waals surface area contributed by atoms with Gasteiger partial charge in [-0.1, -0.05) is 36.4 Å². The van der Waals surface area contributed by atoms with Crippen LogP contribution < -0.4 is 5.32 Å². The van der Waals surface area contributed by atoms with Crippen molar-refractivity contribution in [2.24, 2.45) is 0 Å². The molecule has 0 aliphatic carbocycles. The molecule has 1 atom stereocenters. The van der Waals surface area contributed by atoms with Gasteiger partial charge in [0.15, 0.2) is 6.04 Å². The van der Waals surface area contributed by atoms with Crippen LogP contribution in [-0.2, 0) is 16.1 Å². The van der Waals surface area contributed by atoms with Crippen molar-refractivity contribution in [1.82, 2.24) is 5.32 Å². The standard InChI is InChI=1S/C14H13NO4S/c16-13(17)12(11-7-4-8-20-11)15-14(18)19-9-10-5-2-1-3-6-10/h1-8,12H,9H2,(H,15,18)(H,16,17). The number of nitrogens with one attached hydrogen (secondary N) is 1. The summed E-state index contributed by atoms with van der Waals surface area (Å²) in [5, 5.41) is 13.2. The second kappa shape index (κ2) is 6.72. The van der Waals surface area contributed by atoms with Crippen molar-refractivity contribution < 1.29 is 19.4 Å². The average Bonchev–Trinajstić information content (AvgIpc) is 2.97. The second-order valence-corrected chi connectivity index (χ2v) is 4.97. The number of alkyl carbamates (subject to hydrolysis) is 1. The molecule has 20 heavy (non-hydrogen) atoms. The van der Waals surface area contributed by atoms with Crippen LogP contribution in [0, 0.1) is 0 Å². The Bertz CT molecular complexity index is 568. The molecule has 1 heterocycles. The average molecular weight is 291 g/mol. The van der Waals surface area contributed by atoms with E-state index in [1.54, 1.807) is 17.5 Å². The van der Waals surface area contributed by atoms with Gasteiger partial charge in [-0.25, -0.2) is 9.59 Å². The van der Waals surface area contributed by atoms with Gasteiger partial charge in [-0.3, -0.25) is 0 Å². The quantitative estimate of drug-likeness (QED) is 0.888. The monoisotopic (exact) mass is 291 g/mol. The molecule has 1 amide bonds. The third-order valence-electron chi connectivity index (χ3n) is 2.55. The van der Waals surface area contributed by atoms with Gasteiger partial charge in [0.2, 0.25) is 0 Å². The van der Waals surface area contributed by atoms with E-state index in [9.17, 15) is 9.59 Å². The minimum Gasteiger partial charge on any atom is -0.479 e. The molecule has 0 fully saturated rings. The van der Waals surface area contributed by atoms with E-state index < -0.39 is 18.1 Å². The number of carboxylic acids is 1. The Morgan fingerprint density at radius 3 is 2.55 bits per heavy atom. The maximum absolute atomic E-state index is 11.6. The fourth-order valence-corrected chi connectivity index (χ4v) is 2.36. The lowest BCUT2D eigenvalue weighted by atomic mass is 10.2. The Hall–Kier alpha value is -2.34. The summed E-state index contributed by atoms with van der Waals surface area (Å²) in [7, 11) is 0. The first-order valence-corrected chi connectivity index (χ1v) is 6.78. The Morgan fingerprint density at radius 1 is 1.20 bits per heavy atom. The number of carboxylic acid groups (broad SMARTS) is 1. The number of carbonyl (C=O) groups excluding carboxylic acids is 1. The zero-order chi connectivity index (χ0) is 14.4. The van der Waals surface area contributed by atoms with Crippen LogP contribution in [0.25, 0.3) is 0 Å². The van der Waals surface area contributed by atoms with Crippen molar-refractivity contribution in [2.75, 3.05) is 0 Å². The van der Waals surface area contributed by atoms with Gasteiger partial charge in [0.1, 0.15) is 6.61 Å². The van der Waals surface area contributed by atoms with Gasteiger partial charge in [-0.2, -0.15) is 0 Å². The summed E-state index contributed by atoms with van der Waals surface area (Å²) in [4.78, 5) is 23.3. The molecule has 0 radical (unpaired) electrons. The Labute approximate surface area is 119 Å². The van der Waals surface area contributed by atoms with E-state index in [2.05, 4.69) is 5.32 Å². The largest absolute Gasteiger partial charge is 0.479 e. The van der Waals surface area contributed by atoms with Crippen LogP contribution in [0.3, 0.4) is 0 Å². The van der Waals surface area contributed by atoms with E-state index in [-0.39, 0.29) is 6.61 Å². The lowest BCUT2D eigenvalue weighted by molar-refractivity contribution is -0.139. The molecule has 0 saturated heterocycles. The van der Waals surface area contributed by atoms with E-state index in [0.29, 0.717) is 4.88 Å². The van der Waals surface area contributed by atoms with E-state index in [0.717, 1.165) is 5.56 Å². The molecular weight excluding hydrogens is 278 g/mol. The Morgan fingerprint density at radius 2 is 1.95 bits per heavy atom. The van der Waals surface area contributed by atoms with E-state index in [1.165, 1.54) is 11.3 Å². The summed E-state index contributed by atoms with van der Waals surface area (Å²) in [6.07, 6.45) is -0.755. The molecule has 2 aromatic rings. The highest BCUT2D eigenvalue weighted by Gasteiger charge is 2.23. The molecule has 6 heteroatoms.